The molecule has 0 aliphatic heterocycles. The van der Waals surface area contributed by atoms with Crippen LogP contribution in [0, 0.1) is 6.92 Å². The lowest BCUT2D eigenvalue weighted by Gasteiger charge is -2.06. The van der Waals surface area contributed by atoms with Crippen molar-refractivity contribution in [1.82, 2.24) is 4.83 Å². The maximum Gasteiger partial charge on any atom is 0.276 e. The number of sulfonamides is 1. The fourth-order valence-electron chi connectivity index (χ4n) is 2.13. The van der Waals surface area contributed by atoms with Crippen molar-refractivity contribution in [3.8, 4) is 5.75 Å². The van der Waals surface area contributed by atoms with Crippen molar-refractivity contribution in [1.29, 1.82) is 0 Å². The van der Waals surface area contributed by atoms with E-state index in [0.29, 0.717) is 6.61 Å². The number of nitrogens with one attached hydrogen (secondary N) is 1. The molecule has 0 saturated heterocycles. The van der Waals surface area contributed by atoms with E-state index < -0.39 is 10.0 Å². The van der Waals surface area contributed by atoms with Crippen molar-refractivity contribution in [2.24, 2.45) is 5.10 Å². The zero-order chi connectivity index (χ0) is 18.1. The Kier molecular flexibility index (Phi) is 7.01. The molecular weight excluding hydrogens is 336 g/mol. The molecule has 0 unspecified atom stereocenters. The van der Waals surface area contributed by atoms with Crippen LogP contribution in [0.3, 0.4) is 0 Å². The van der Waals surface area contributed by atoms with Gasteiger partial charge >= 0.3 is 0 Å². The number of aryl methyl sites for hydroxylation is 1. The molecule has 2 aromatic carbocycles. The van der Waals surface area contributed by atoms with Gasteiger partial charge in [0.15, 0.2) is 0 Å². The van der Waals surface area contributed by atoms with E-state index in [1.807, 2.05) is 31.2 Å². The summed E-state index contributed by atoms with van der Waals surface area (Å²) in [7, 11) is -3.65. The minimum atomic E-state index is -3.65. The van der Waals surface area contributed by atoms with Crippen LogP contribution in [-0.4, -0.2) is 21.2 Å². The van der Waals surface area contributed by atoms with E-state index in [9.17, 15) is 8.42 Å². The van der Waals surface area contributed by atoms with Gasteiger partial charge in [-0.25, -0.2) is 4.83 Å². The van der Waals surface area contributed by atoms with Crippen molar-refractivity contribution >= 4 is 16.2 Å². The van der Waals surface area contributed by atoms with Gasteiger partial charge in [0.25, 0.3) is 10.0 Å². The highest BCUT2D eigenvalue weighted by atomic mass is 32.2. The third kappa shape index (κ3) is 6.23. The van der Waals surface area contributed by atoms with Crippen LogP contribution in [0.15, 0.2) is 58.5 Å². The molecule has 0 saturated carbocycles. The molecule has 0 bridgehead atoms. The van der Waals surface area contributed by atoms with E-state index in [2.05, 4.69) is 16.9 Å². The Morgan fingerprint density at radius 1 is 1.04 bits per heavy atom. The Morgan fingerprint density at radius 2 is 1.72 bits per heavy atom. The van der Waals surface area contributed by atoms with Crippen LogP contribution in [0.4, 0.5) is 0 Å². The van der Waals surface area contributed by atoms with E-state index in [0.717, 1.165) is 36.1 Å². The summed E-state index contributed by atoms with van der Waals surface area (Å²) in [6.45, 7) is 4.76. The highest BCUT2D eigenvalue weighted by Gasteiger charge is 2.11. The second kappa shape index (κ2) is 9.22. The largest absolute Gasteiger partial charge is 0.494 e. The van der Waals surface area contributed by atoms with Crippen LogP contribution in [0.1, 0.15) is 37.3 Å². The molecule has 1 N–H and O–H groups in total. The standard InChI is InChI=1S/C19H24N2O3S/c1-3-4-5-14-24-18-10-8-17(9-11-18)15-20-21-25(22,23)19-12-6-16(2)7-13-19/h6-13,15,21H,3-5,14H2,1-2H3/b20-15+. The molecule has 134 valence electrons. The molecule has 0 aromatic heterocycles. The van der Waals surface area contributed by atoms with Crippen molar-refractivity contribution in [2.75, 3.05) is 6.61 Å². The number of hydrogen-bond donors (Lipinski definition) is 1. The molecule has 0 amide bonds. The molecule has 0 aliphatic carbocycles. The number of benzene rings is 2. The van der Waals surface area contributed by atoms with Crippen LogP contribution in [0.25, 0.3) is 0 Å². The number of hydrogen-bond acceptors (Lipinski definition) is 4. The number of rotatable bonds is 9. The zero-order valence-electron chi connectivity index (χ0n) is 14.6. The molecule has 0 atom stereocenters. The average Bonchev–Trinajstić information content (AvgIpc) is 2.60. The van der Waals surface area contributed by atoms with Crippen molar-refractivity contribution in [2.45, 2.75) is 38.0 Å². The smallest absolute Gasteiger partial charge is 0.276 e. The fourth-order valence-corrected chi connectivity index (χ4v) is 2.92. The molecule has 0 fully saturated rings. The van der Waals surface area contributed by atoms with Crippen LogP contribution in [0.5, 0.6) is 5.75 Å². The molecule has 0 spiro atoms. The number of unbranched alkanes of at least 4 members (excludes halogenated alkanes) is 2. The number of hydrazone groups is 1. The Labute approximate surface area is 149 Å². The first kappa shape index (κ1) is 19.0. The minimum absolute atomic E-state index is 0.186. The van der Waals surface area contributed by atoms with Gasteiger partial charge in [-0.15, -0.1) is 0 Å². The van der Waals surface area contributed by atoms with Gasteiger partial charge in [-0.05, 0) is 55.3 Å². The van der Waals surface area contributed by atoms with Crippen molar-refractivity contribution in [3.63, 3.8) is 0 Å². The quantitative estimate of drug-likeness (QED) is 0.419. The zero-order valence-corrected chi connectivity index (χ0v) is 15.4. The SMILES string of the molecule is CCCCCOc1ccc(/C=N/NS(=O)(=O)c2ccc(C)cc2)cc1. The van der Waals surface area contributed by atoms with Gasteiger partial charge in [0.1, 0.15) is 5.75 Å². The Hall–Kier alpha value is -2.34. The van der Waals surface area contributed by atoms with Gasteiger partial charge in [-0.3, -0.25) is 0 Å². The predicted molar refractivity (Wildman–Crippen MR) is 101 cm³/mol. The van der Waals surface area contributed by atoms with Gasteiger partial charge in [0.2, 0.25) is 0 Å². The van der Waals surface area contributed by atoms with Gasteiger partial charge in [0.05, 0.1) is 17.7 Å². The maximum atomic E-state index is 12.1. The molecule has 0 aliphatic rings. The molecule has 0 radical (unpaired) electrons. The molecule has 6 heteroatoms. The normalized spacial score (nSPS) is 11.6. The summed E-state index contributed by atoms with van der Waals surface area (Å²) in [5, 5.41) is 3.82. The van der Waals surface area contributed by atoms with Crippen molar-refractivity contribution in [3.05, 3.63) is 59.7 Å². The summed E-state index contributed by atoms with van der Waals surface area (Å²) in [4.78, 5) is 2.40. The first-order chi connectivity index (χ1) is 12.0. The van der Waals surface area contributed by atoms with E-state index >= 15 is 0 Å². The van der Waals surface area contributed by atoms with Crippen LogP contribution in [0.2, 0.25) is 0 Å². The predicted octanol–water partition coefficient (Wildman–Crippen LogP) is 3.88. The second-order valence-electron chi connectivity index (χ2n) is 5.79. The van der Waals surface area contributed by atoms with Gasteiger partial charge in [0, 0.05) is 0 Å². The Morgan fingerprint density at radius 3 is 2.36 bits per heavy atom. The van der Waals surface area contributed by atoms with E-state index in [1.54, 1.807) is 24.3 Å². The second-order valence-corrected chi connectivity index (χ2v) is 7.45. The summed E-state index contributed by atoms with van der Waals surface area (Å²) in [6, 6.07) is 14.0. The first-order valence-corrected chi connectivity index (χ1v) is 9.84. The summed E-state index contributed by atoms with van der Waals surface area (Å²) in [5.74, 6) is 0.800. The Bertz CT molecular complexity index is 782. The number of ether oxygens (including phenoxy) is 1. The highest BCUT2D eigenvalue weighted by Crippen LogP contribution is 2.12. The average molecular weight is 360 g/mol. The summed E-state index contributed by atoms with van der Waals surface area (Å²) in [6.07, 6.45) is 4.83. The topological polar surface area (TPSA) is 67.8 Å². The highest BCUT2D eigenvalue weighted by molar-refractivity contribution is 7.89. The van der Waals surface area contributed by atoms with Gasteiger partial charge in [-0.2, -0.15) is 13.5 Å². The lowest BCUT2D eigenvalue weighted by Crippen LogP contribution is -2.18. The maximum absolute atomic E-state index is 12.1. The summed E-state index contributed by atoms with van der Waals surface area (Å²) < 4.78 is 29.9. The van der Waals surface area contributed by atoms with E-state index in [1.165, 1.54) is 6.21 Å². The first-order valence-electron chi connectivity index (χ1n) is 8.35. The molecular formula is C19H24N2O3S. The molecule has 2 aromatic rings. The lowest BCUT2D eigenvalue weighted by atomic mass is 10.2. The molecule has 0 heterocycles. The van der Waals surface area contributed by atoms with E-state index in [4.69, 9.17) is 4.74 Å². The monoisotopic (exact) mass is 360 g/mol. The lowest BCUT2D eigenvalue weighted by molar-refractivity contribution is 0.306. The van der Waals surface area contributed by atoms with Crippen LogP contribution in [-0.2, 0) is 10.0 Å². The third-order valence-electron chi connectivity index (χ3n) is 3.61. The number of nitrogens with zero attached hydrogens (tertiary/aromatic N) is 1. The van der Waals surface area contributed by atoms with Gasteiger partial charge < -0.3 is 4.74 Å². The minimum Gasteiger partial charge on any atom is -0.494 e. The summed E-state index contributed by atoms with van der Waals surface area (Å²) >= 11 is 0. The molecule has 25 heavy (non-hydrogen) atoms. The van der Waals surface area contributed by atoms with Crippen molar-refractivity contribution < 1.29 is 13.2 Å². The summed E-state index contributed by atoms with van der Waals surface area (Å²) in [5.41, 5.74) is 1.78. The molecule has 2 rings (SSSR count). The van der Waals surface area contributed by atoms with Gasteiger partial charge in [-0.1, -0.05) is 37.5 Å². The van der Waals surface area contributed by atoms with Crippen LogP contribution < -0.4 is 9.57 Å². The Balaban J connectivity index is 1.90. The molecule has 5 nitrogen and oxygen atoms in total. The van der Waals surface area contributed by atoms with Crippen LogP contribution >= 0.6 is 0 Å². The fraction of sp³-hybridized carbons (Fsp3) is 0.316. The third-order valence-corrected chi connectivity index (χ3v) is 4.85. The van der Waals surface area contributed by atoms with E-state index in [-0.39, 0.29) is 4.90 Å².